The Kier molecular flexibility index (Phi) is 9.61. The third-order valence-corrected chi connectivity index (χ3v) is 2.38. The van der Waals surface area contributed by atoms with Crippen LogP contribution in [0.4, 0.5) is 13.2 Å². The van der Waals surface area contributed by atoms with Crippen LogP contribution in [0.15, 0.2) is 27.8 Å². The van der Waals surface area contributed by atoms with Crippen molar-refractivity contribution in [3.8, 4) is 0 Å². The van der Waals surface area contributed by atoms with Crippen LogP contribution in [0.2, 0.25) is 0 Å². The Morgan fingerprint density at radius 2 is 2.05 bits per heavy atom. The first-order chi connectivity index (χ1) is 9.90. The van der Waals surface area contributed by atoms with Gasteiger partial charge in [0.05, 0.1) is 25.8 Å². The number of aliphatic imine (C=N–C) groups is 1. The van der Waals surface area contributed by atoms with Gasteiger partial charge in [0.1, 0.15) is 5.76 Å². The third kappa shape index (κ3) is 9.47. The zero-order valence-corrected chi connectivity index (χ0v) is 14.2. The number of guanidine groups is 1. The molecule has 3 N–H and O–H groups in total. The van der Waals surface area contributed by atoms with Crippen LogP contribution in [0.25, 0.3) is 0 Å². The highest BCUT2D eigenvalue weighted by Gasteiger charge is 2.26. The second-order valence-electron chi connectivity index (χ2n) is 4.07. The zero-order valence-electron chi connectivity index (χ0n) is 11.9. The molecule has 0 radical (unpaired) electrons. The van der Waals surface area contributed by atoms with Crippen molar-refractivity contribution in [1.82, 2.24) is 16.0 Å². The highest BCUT2D eigenvalue weighted by Crippen LogP contribution is 2.17. The van der Waals surface area contributed by atoms with Crippen molar-refractivity contribution in [3.63, 3.8) is 0 Å². The first kappa shape index (κ1) is 20.5. The molecule has 1 heterocycles. The second-order valence-corrected chi connectivity index (χ2v) is 4.07. The molecule has 0 aliphatic heterocycles. The smallest absolute Gasteiger partial charge is 0.390 e. The highest BCUT2D eigenvalue weighted by molar-refractivity contribution is 14.0. The molecule has 0 atom stereocenters. The molecule has 0 spiro atoms. The van der Waals surface area contributed by atoms with Crippen molar-refractivity contribution in [2.45, 2.75) is 19.1 Å². The van der Waals surface area contributed by atoms with E-state index in [0.29, 0.717) is 5.76 Å². The summed E-state index contributed by atoms with van der Waals surface area (Å²) in [6.45, 7) is -0.169. The fourth-order valence-corrected chi connectivity index (χ4v) is 1.37. The Morgan fingerprint density at radius 1 is 1.32 bits per heavy atom. The number of carbonyl (C=O) groups excluding carboxylic acids is 1. The van der Waals surface area contributed by atoms with Gasteiger partial charge in [0.2, 0.25) is 5.91 Å². The molecular formula is C12H18F3IN4O2. The van der Waals surface area contributed by atoms with E-state index in [9.17, 15) is 18.0 Å². The predicted molar refractivity (Wildman–Crippen MR) is 86.0 cm³/mol. The van der Waals surface area contributed by atoms with Gasteiger partial charge < -0.3 is 20.4 Å². The second kappa shape index (κ2) is 10.3. The predicted octanol–water partition coefficient (Wildman–Crippen LogP) is 1.63. The maximum Gasteiger partial charge on any atom is 0.390 e. The maximum absolute atomic E-state index is 12.0. The number of amides is 1. The third-order valence-electron chi connectivity index (χ3n) is 2.38. The van der Waals surface area contributed by atoms with E-state index in [0.717, 1.165) is 0 Å². The first-order valence-electron chi connectivity index (χ1n) is 6.21. The van der Waals surface area contributed by atoms with Crippen molar-refractivity contribution in [2.24, 2.45) is 4.99 Å². The molecule has 1 aromatic heterocycles. The van der Waals surface area contributed by atoms with E-state index < -0.39 is 12.6 Å². The standard InChI is InChI=1S/C12H17F3N4O2.HI/c1-16-11(17-5-4-12(13,14)15)19-8-10(20)18-7-9-3-2-6-21-9;/h2-3,6H,4-5,7-8H2,1H3,(H,18,20)(H2,16,17,19);1H. The molecule has 0 bridgehead atoms. The number of hydrogen-bond acceptors (Lipinski definition) is 3. The van der Waals surface area contributed by atoms with Crippen molar-refractivity contribution in [3.05, 3.63) is 24.2 Å². The number of carbonyl (C=O) groups is 1. The van der Waals surface area contributed by atoms with Gasteiger partial charge in [-0.2, -0.15) is 13.2 Å². The fourth-order valence-electron chi connectivity index (χ4n) is 1.37. The summed E-state index contributed by atoms with van der Waals surface area (Å²) in [5, 5.41) is 7.67. The number of hydrogen-bond donors (Lipinski definition) is 3. The summed E-state index contributed by atoms with van der Waals surface area (Å²) in [6.07, 6.45) is -3.71. The number of halogens is 4. The Hall–Kier alpha value is -1.46. The van der Waals surface area contributed by atoms with Crippen molar-refractivity contribution >= 4 is 35.8 Å². The SMILES string of the molecule is CN=C(NCCC(F)(F)F)NCC(=O)NCc1ccco1.I. The van der Waals surface area contributed by atoms with Gasteiger partial charge in [-0.3, -0.25) is 9.79 Å². The number of furan rings is 1. The van der Waals surface area contributed by atoms with Crippen molar-refractivity contribution in [1.29, 1.82) is 0 Å². The molecule has 10 heteroatoms. The van der Waals surface area contributed by atoms with E-state index in [1.807, 2.05) is 0 Å². The lowest BCUT2D eigenvalue weighted by molar-refractivity contribution is -0.132. The molecule has 0 saturated carbocycles. The van der Waals surface area contributed by atoms with Crippen LogP contribution >= 0.6 is 24.0 Å². The summed E-state index contributed by atoms with van der Waals surface area (Å²) < 4.78 is 41.0. The van der Waals surface area contributed by atoms with Gasteiger partial charge >= 0.3 is 6.18 Å². The number of rotatable bonds is 6. The molecule has 0 aromatic carbocycles. The molecule has 0 aliphatic carbocycles. The topological polar surface area (TPSA) is 78.7 Å². The van der Waals surface area contributed by atoms with Crippen molar-refractivity contribution in [2.75, 3.05) is 20.1 Å². The van der Waals surface area contributed by atoms with Gasteiger partial charge in [-0.15, -0.1) is 24.0 Å². The zero-order chi connectivity index (χ0) is 15.7. The summed E-state index contributed by atoms with van der Waals surface area (Å²) >= 11 is 0. The number of alkyl halides is 3. The van der Waals surface area contributed by atoms with Gasteiger partial charge in [-0.25, -0.2) is 0 Å². The minimum atomic E-state index is -4.23. The molecule has 6 nitrogen and oxygen atoms in total. The van der Waals surface area contributed by atoms with E-state index in [1.54, 1.807) is 12.1 Å². The summed E-state index contributed by atoms with van der Waals surface area (Å²) in [5.41, 5.74) is 0. The Balaban J connectivity index is 0.00000441. The number of nitrogens with one attached hydrogen (secondary N) is 3. The molecule has 1 amide bonds. The normalized spacial score (nSPS) is 11.5. The summed E-state index contributed by atoms with van der Waals surface area (Å²) in [6, 6.07) is 3.41. The van der Waals surface area contributed by atoms with Gasteiger partial charge in [-0.1, -0.05) is 0 Å². The van der Waals surface area contributed by atoms with Crippen LogP contribution in [0.3, 0.4) is 0 Å². The lowest BCUT2D eigenvalue weighted by Crippen LogP contribution is -2.43. The lowest BCUT2D eigenvalue weighted by Gasteiger charge is -2.12. The van der Waals surface area contributed by atoms with E-state index in [4.69, 9.17) is 4.42 Å². The molecule has 0 unspecified atom stereocenters. The molecular weight excluding hydrogens is 416 g/mol. The van der Waals surface area contributed by atoms with E-state index >= 15 is 0 Å². The molecule has 0 aliphatic rings. The molecule has 126 valence electrons. The van der Waals surface area contributed by atoms with Crippen LogP contribution < -0.4 is 16.0 Å². The molecule has 0 fully saturated rings. The molecule has 0 saturated heterocycles. The fraction of sp³-hybridized carbons (Fsp3) is 0.500. The van der Waals surface area contributed by atoms with Crippen LogP contribution in [-0.2, 0) is 11.3 Å². The average Bonchev–Trinajstić information content (AvgIpc) is 2.92. The highest BCUT2D eigenvalue weighted by atomic mass is 127. The maximum atomic E-state index is 12.0. The van der Waals surface area contributed by atoms with Gasteiger partial charge in [0, 0.05) is 13.6 Å². The Bertz CT molecular complexity index is 463. The van der Waals surface area contributed by atoms with Crippen LogP contribution in [0.1, 0.15) is 12.2 Å². The average molecular weight is 434 g/mol. The van der Waals surface area contributed by atoms with E-state index in [2.05, 4.69) is 20.9 Å². The Labute approximate surface area is 142 Å². The summed E-state index contributed by atoms with van der Waals surface area (Å²) in [5.74, 6) is 0.411. The van der Waals surface area contributed by atoms with Gasteiger partial charge in [0.15, 0.2) is 5.96 Å². The minimum Gasteiger partial charge on any atom is -0.467 e. The summed E-state index contributed by atoms with van der Waals surface area (Å²) in [7, 11) is 1.41. The lowest BCUT2D eigenvalue weighted by atomic mass is 10.4. The van der Waals surface area contributed by atoms with E-state index in [-0.39, 0.29) is 55.5 Å². The van der Waals surface area contributed by atoms with Gasteiger partial charge in [-0.05, 0) is 12.1 Å². The quantitative estimate of drug-likeness (QED) is 0.362. The summed E-state index contributed by atoms with van der Waals surface area (Å²) in [4.78, 5) is 15.2. The first-order valence-corrected chi connectivity index (χ1v) is 6.21. The molecule has 22 heavy (non-hydrogen) atoms. The Morgan fingerprint density at radius 3 is 2.59 bits per heavy atom. The molecule has 1 aromatic rings. The van der Waals surface area contributed by atoms with Crippen molar-refractivity contribution < 1.29 is 22.4 Å². The van der Waals surface area contributed by atoms with Crippen LogP contribution in [0.5, 0.6) is 0 Å². The monoisotopic (exact) mass is 434 g/mol. The number of nitrogens with zero attached hydrogens (tertiary/aromatic N) is 1. The van der Waals surface area contributed by atoms with Crippen LogP contribution in [0, 0.1) is 0 Å². The van der Waals surface area contributed by atoms with Gasteiger partial charge in [0.25, 0.3) is 0 Å². The minimum absolute atomic E-state index is 0. The molecule has 1 rings (SSSR count). The largest absolute Gasteiger partial charge is 0.467 e. The van der Waals surface area contributed by atoms with E-state index in [1.165, 1.54) is 13.3 Å². The van der Waals surface area contributed by atoms with Crippen LogP contribution in [-0.4, -0.2) is 38.2 Å².